The standard InChI is InChI=1S/C18H25N3O2/c1-4-7-17-19-21(18(22)23-17)12-20-11-6-10-16(20)15-9-5-8-13(2)14(15)3/h5,8-9,16H,4,6-7,10-12H2,1-3H3/t16-/m0/s1. The predicted octanol–water partition coefficient (Wildman–Crippen LogP) is 3.20. The molecule has 0 spiro atoms. The quantitative estimate of drug-likeness (QED) is 0.850. The third kappa shape index (κ3) is 3.24. The molecular weight excluding hydrogens is 290 g/mol. The lowest BCUT2D eigenvalue weighted by Gasteiger charge is -2.25. The Morgan fingerprint density at radius 3 is 2.96 bits per heavy atom. The highest BCUT2D eigenvalue weighted by Gasteiger charge is 2.28. The Hall–Kier alpha value is -1.88. The van der Waals surface area contributed by atoms with Crippen molar-refractivity contribution in [1.29, 1.82) is 0 Å². The number of aromatic nitrogens is 2. The monoisotopic (exact) mass is 315 g/mol. The summed E-state index contributed by atoms with van der Waals surface area (Å²) >= 11 is 0. The maximum Gasteiger partial charge on any atom is 0.438 e. The fourth-order valence-corrected chi connectivity index (χ4v) is 3.41. The molecule has 0 amide bonds. The van der Waals surface area contributed by atoms with Crippen LogP contribution in [0, 0.1) is 13.8 Å². The van der Waals surface area contributed by atoms with E-state index in [1.165, 1.54) is 21.4 Å². The minimum absolute atomic E-state index is 0.347. The van der Waals surface area contributed by atoms with Gasteiger partial charge in [-0.3, -0.25) is 4.90 Å². The molecule has 1 fully saturated rings. The fourth-order valence-electron chi connectivity index (χ4n) is 3.41. The van der Waals surface area contributed by atoms with E-state index < -0.39 is 0 Å². The summed E-state index contributed by atoms with van der Waals surface area (Å²) in [6, 6.07) is 6.83. The molecule has 1 aromatic heterocycles. The summed E-state index contributed by atoms with van der Waals surface area (Å²) in [5.41, 5.74) is 4.04. The van der Waals surface area contributed by atoms with Gasteiger partial charge in [-0.2, -0.15) is 4.68 Å². The second kappa shape index (κ2) is 6.71. The largest absolute Gasteiger partial charge is 0.438 e. The Morgan fingerprint density at radius 1 is 1.35 bits per heavy atom. The fraction of sp³-hybridized carbons (Fsp3) is 0.556. The molecule has 1 saturated heterocycles. The van der Waals surface area contributed by atoms with Crippen molar-refractivity contribution in [2.75, 3.05) is 6.54 Å². The highest BCUT2D eigenvalue weighted by atomic mass is 16.4. The van der Waals surface area contributed by atoms with Crippen molar-refractivity contribution >= 4 is 0 Å². The molecule has 5 heteroatoms. The molecule has 3 rings (SSSR count). The van der Waals surface area contributed by atoms with Gasteiger partial charge in [0.05, 0.1) is 0 Å². The third-order valence-electron chi connectivity index (χ3n) is 4.80. The summed E-state index contributed by atoms with van der Waals surface area (Å²) in [5, 5.41) is 4.33. The van der Waals surface area contributed by atoms with Gasteiger partial charge in [0, 0.05) is 19.0 Å². The van der Waals surface area contributed by atoms with Gasteiger partial charge in [-0.05, 0) is 49.8 Å². The molecule has 2 heterocycles. The van der Waals surface area contributed by atoms with Crippen molar-refractivity contribution in [3.05, 3.63) is 51.3 Å². The number of likely N-dealkylation sites (tertiary alicyclic amines) is 1. The highest BCUT2D eigenvalue weighted by Crippen LogP contribution is 2.34. The average molecular weight is 315 g/mol. The minimum atomic E-state index is -0.347. The number of benzene rings is 1. The molecule has 0 bridgehead atoms. The first-order valence-electron chi connectivity index (χ1n) is 8.47. The molecule has 0 unspecified atom stereocenters. The van der Waals surface area contributed by atoms with Gasteiger partial charge in [-0.1, -0.05) is 25.1 Å². The van der Waals surface area contributed by atoms with Crippen LogP contribution >= 0.6 is 0 Å². The van der Waals surface area contributed by atoms with Crippen LogP contribution in [0.5, 0.6) is 0 Å². The smallest absolute Gasteiger partial charge is 0.392 e. The summed E-state index contributed by atoms with van der Waals surface area (Å²) in [4.78, 5) is 14.3. The van der Waals surface area contributed by atoms with Crippen molar-refractivity contribution in [3.8, 4) is 0 Å². The zero-order valence-corrected chi connectivity index (χ0v) is 14.2. The van der Waals surface area contributed by atoms with Crippen LogP contribution in [0.1, 0.15) is 54.8 Å². The maximum absolute atomic E-state index is 12.0. The molecule has 5 nitrogen and oxygen atoms in total. The van der Waals surface area contributed by atoms with Crippen LogP contribution in [0.3, 0.4) is 0 Å². The number of nitrogens with zero attached hydrogens (tertiary/aromatic N) is 3. The van der Waals surface area contributed by atoms with E-state index in [0.717, 1.165) is 25.8 Å². The zero-order valence-electron chi connectivity index (χ0n) is 14.2. The van der Waals surface area contributed by atoms with Crippen LogP contribution in [-0.2, 0) is 13.1 Å². The molecule has 23 heavy (non-hydrogen) atoms. The predicted molar refractivity (Wildman–Crippen MR) is 89.4 cm³/mol. The summed E-state index contributed by atoms with van der Waals surface area (Å²) in [7, 11) is 0. The SMILES string of the molecule is CCCc1nn(CN2CCC[C@H]2c2cccc(C)c2C)c(=O)o1. The van der Waals surface area contributed by atoms with Crippen molar-refractivity contribution in [1.82, 2.24) is 14.7 Å². The number of hydrogen-bond acceptors (Lipinski definition) is 4. The molecule has 0 aliphatic carbocycles. The number of rotatable bonds is 5. The molecule has 0 radical (unpaired) electrons. The van der Waals surface area contributed by atoms with Crippen molar-refractivity contribution in [2.45, 2.75) is 59.2 Å². The first-order chi connectivity index (χ1) is 11.1. The average Bonchev–Trinajstić information content (AvgIpc) is 3.10. The van der Waals surface area contributed by atoms with Crippen LogP contribution in [0.25, 0.3) is 0 Å². The molecule has 1 aromatic carbocycles. The van der Waals surface area contributed by atoms with E-state index in [9.17, 15) is 4.79 Å². The van der Waals surface area contributed by atoms with Crippen molar-refractivity contribution in [3.63, 3.8) is 0 Å². The molecular formula is C18H25N3O2. The molecule has 2 aromatic rings. The van der Waals surface area contributed by atoms with Gasteiger partial charge >= 0.3 is 5.76 Å². The van der Waals surface area contributed by atoms with Gasteiger partial charge in [0.25, 0.3) is 0 Å². The van der Waals surface area contributed by atoms with E-state index in [2.05, 4.69) is 49.0 Å². The molecule has 1 atom stereocenters. The van der Waals surface area contributed by atoms with Gasteiger partial charge in [0.2, 0.25) is 5.89 Å². The van der Waals surface area contributed by atoms with E-state index in [0.29, 0.717) is 25.0 Å². The topological polar surface area (TPSA) is 51.3 Å². The van der Waals surface area contributed by atoms with Crippen LogP contribution < -0.4 is 5.76 Å². The van der Waals surface area contributed by atoms with Gasteiger partial charge in [-0.25, -0.2) is 4.79 Å². The van der Waals surface area contributed by atoms with E-state index >= 15 is 0 Å². The van der Waals surface area contributed by atoms with Gasteiger partial charge in [-0.15, -0.1) is 5.10 Å². The summed E-state index contributed by atoms with van der Waals surface area (Å²) in [5.74, 6) is 0.194. The van der Waals surface area contributed by atoms with Crippen LogP contribution in [0.4, 0.5) is 0 Å². The molecule has 1 aliphatic rings. The van der Waals surface area contributed by atoms with E-state index in [4.69, 9.17) is 4.42 Å². The Kier molecular flexibility index (Phi) is 4.66. The van der Waals surface area contributed by atoms with Gasteiger partial charge in [0.15, 0.2) is 0 Å². The molecule has 1 aliphatic heterocycles. The van der Waals surface area contributed by atoms with Crippen molar-refractivity contribution < 1.29 is 4.42 Å². The lowest BCUT2D eigenvalue weighted by molar-refractivity contribution is 0.184. The third-order valence-corrected chi connectivity index (χ3v) is 4.80. The van der Waals surface area contributed by atoms with Crippen LogP contribution in [0.2, 0.25) is 0 Å². The Bertz CT molecular complexity index is 732. The normalized spacial score (nSPS) is 18.7. The zero-order chi connectivity index (χ0) is 16.4. The maximum atomic E-state index is 12.0. The molecule has 0 saturated carbocycles. The van der Waals surface area contributed by atoms with Crippen LogP contribution in [-0.4, -0.2) is 21.2 Å². The second-order valence-corrected chi connectivity index (χ2v) is 6.41. The number of aryl methyl sites for hydroxylation is 2. The van der Waals surface area contributed by atoms with Gasteiger partial charge in [0.1, 0.15) is 6.67 Å². The van der Waals surface area contributed by atoms with Gasteiger partial charge < -0.3 is 4.42 Å². The first-order valence-corrected chi connectivity index (χ1v) is 8.47. The lowest BCUT2D eigenvalue weighted by atomic mass is 9.96. The number of hydrogen-bond donors (Lipinski definition) is 0. The van der Waals surface area contributed by atoms with E-state index in [1.54, 1.807) is 0 Å². The minimum Gasteiger partial charge on any atom is -0.392 e. The summed E-state index contributed by atoms with van der Waals surface area (Å²) in [6.07, 6.45) is 3.91. The molecule has 124 valence electrons. The Labute approximate surface area is 136 Å². The molecule has 0 N–H and O–H groups in total. The Balaban J connectivity index is 1.82. The lowest BCUT2D eigenvalue weighted by Crippen LogP contribution is -2.31. The Morgan fingerprint density at radius 2 is 2.17 bits per heavy atom. The second-order valence-electron chi connectivity index (χ2n) is 6.41. The van der Waals surface area contributed by atoms with E-state index in [1.807, 2.05) is 0 Å². The highest BCUT2D eigenvalue weighted by molar-refractivity contribution is 5.35. The van der Waals surface area contributed by atoms with Crippen molar-refractivity contribution in [2.24, 2.45) is 0 Å². The summed E-state index contributed by atoms with van der Waals surface area (Å²) in [6.45, 7) is 7.88. The van der Waals surface area contributed by atoms with E-state index in [-0.39, 0.29) is 5.76 Å². The van der Waals surface area contributed by atoms with Crippen LogP contribution in [0.15, 0.2) is 27.4 Å². The first kappa shape index (κ1) is 16.0. The summed E-state index contributed by atoms with van der Waals surface area (Å²) < 4.78 is 6.69.